The van der Waals surface area contributed by atoms with Gasteiger partial charge in [0.15, 0.2) is 0 Å². The van der Waals surface area contributed by atoms with E-state index in [0.29, 0.717) is 5.69 Å². The molecule has 1 aromatic rings. The van der Waals surface area contributed by atoms with Crippen molar-refractivity contribution in [2.45, 2.75) is 25.8 Å². The Morgan fingerprint density at radius 1 is 1.44 bits per heavy atom. The van der Waals surface area contributed by atoms with Gasteiger partial charge in [-0.1, -0.05) is 6.07 Å². The monoisotopic (exact) mass is 291 g/mol. The summed E-state index contributed by atoms with van der Waals surface area (Å²) in [6.07, 6.45) is 2.16. The molecular weight excluding hydrogens is 273 g/mol. The van der Waals surface area contributed by atoms with E-state index in [1.165, 1.54) is 0 Å². The van der Waals surface area contributed by atoms with Crippen LogP contribution in [0.5, 0.6) is 0 Å². The van der Waals surface area contributed by atoms with E-state index in [0.717, 1.165) is 31.6 Å². The molecule has 6 heteroatoms. The molecule has 1 saturated heterocycles. The quantitative estimate of drug-likeness (QED) is 0.872. The lowest BCUT2D eigenvalue weighted by atomic mass is 10.1. The van der Waals surface area contributed by atoms with Crippen molar-refractivity contribution in [3.8, 4) is 0 Å². The highest BCUT2D eigenvalue weighted by atomic mass is 35.5. The zero-order chi connectivity index (χ0) is 11.4. The summed E-state index contributed by atoms with van der Waals surface area (Å²) in [4.78, 5) is 16.1. The van der Waals surface area contributed by atoms with E-state index in [4.69, 9.17) is 0 Å². The fourth-order valence-electron chi connectivity index (χ4n) is 1.90. The van der Waals surface area contributed by atoms with Crippen LogP contribution in [0.4, 0.5) is 0 Å². The molecule has 0 aliphatic carbocycles. The molecule has 4 nitrogen and oxygen atoms in total. The van der Waals surface area contributed by atoms with Crippen molar-refractivity contribution in [1.29, 1.82) is 0 Å². The van der Waals surface area contributed by atoms with Gasteiger partial charge in [-0.25, -0.2) is 4.98 Å². The number of hydrogen-bond acceptors (Lipinski definition) is 3. The van der Waals surface area contributed by atoms with Crippen molar-refractivity contribution in [3.63, 3.8) is 0 Å². The average molecular weight is 292 g/mol. The van der Waals surface area contributed by atoms with Gasteiger partial charge in [0.25, 0.3) is 5.91 Å². The first kappa shape index (κ1) is 17.2. The summed E-state index contributed by atoms with van der Waals surface area (Å²) in [6, 6.07) is 5.73. The van der Waals surface area contributed by atoms with Crippen LogP contribution in [-0.2, 0) is 0 Å². The van der Waals surface area contributed by atoms with Gasteiger partial charge in [-0.2, -0.15) is 0 Å². The Kier molecular flexibility index (Phi) is 7.91. The number of aromatic nitrogens is 1. The summed E-state index contributed by atoms with van der Waals surface area (Å²) in [6.45, 7) is 3.80. The number of nitrogens with zero attached hydrogens (tertiary/aromatic N) is 1. The Hall–Kier alpha value is -0.840. The van der Waals surface area contributed by atoms with Crippen molar-refractivity contribution in [1.82, 2.24) is 15.6 Å². The summed E-state index contributed by atoms with van der Waals surface area (Å²) in [5.74, 6) is -0.0719. The van der Waals surface area contributed by atoms with Crippen LogP contribution in [0.2, 0.25) is 0 Å². The predicted molar refractivity (Wildman–Crippen MR) is 76.8 cm³/mol. The van der Waals surface area contributed by atoms with Gasteiger partial charge in [0.2, 0.25) is 0 Å². The summed E-state index contributed by atoms with van der Waals surface area (Å²) in [7, 11) is 0. The van der Waals surface area contributed by atoms with Gasteiger partial charge < -0.3 is 10.6 Å². The lowest BCUT2D eigenvalue weighted by Gasteiger charge is -2.23. The highest BCUT2D eigenvalue weighted by Gasteiger charge is 2.16. The van der Waals surface area contributed by atoms with Gasteiger partial charge in [-0.15, -0.1) is 24.8 Å². The van der Waals surface area contributed by atoms with Gasteiger partial charge >= 0.3 is 0 Å². The SMILES string of the molecule is Cc1cccc(C(=O)N[C@@H]2CCCNC2)n1.Cl.Cl. The molecule has 1 aromatic heterocycles. The Labute approximate surface area is 120 Å². The Morgan fingerprint density at radius 3 is 2.83 bits per heavy atom. The minimum absolute atomic E-state index is 0. The average Bonchev–Trinajstić information content (AvgIpc) is 2.30. The van der Waals surface area contributed by atoms with Gasteiger partial charge in [0.1, 0.15) is 5.69 Å². The van der Waals surface area contributed by atoms with Gasteiger partial charge in [-0.3, -0.25) is 4.79 Å². The largest absolute Gasteiger partial charge is 0.347 e. The molecule has 1 aliphatic rings. The fraction of sp³-hybridized carbons (Fsp3) is 0.500. The number of aryl methyl sites for hydroxylation is 1. The number of pyridine rings is 1. The zero-order valence-corrected chi connectivity index (χ0v) is 11.9. The number of hydrogen-bond donors (Lipinski definition) is 2. The van der Waals surface area contributed by atoms with E-state index >= 15 is 0 Å². The first-order chi connectivity index (χ1) is 7.75. The molecule has 102 valence electrons. The predicted octanol–water partition coefficient (Wildman–Crippen LogP) is 1.72. The van der Waals surface area contributed by atoms with Gasteiger partial charge in [0.05, 0.1) is 0 Å². The van der Waals surface area contributed by atoms with E-state index < -0.39 is 0 Å². The van der Waals surface area contributed by atoms with Crippen LogP contribution in [0.3, 0.4) is 0 Å². The first-order valence-corrected chi connectivity index (χ1v) is 5.71. The summed E-state index contributed by atoms with van der Waals surface area (Å²) in [5.41, 5.74) is 1.37. The molecule has 0 radical (unpaired) electrons. The van der Waals surface area contributed by atoms with Crippen LogP contribution in [0.15, 0.2) is 18.2 Å². The number of rotatable bonds is 2. The summed E-state index contributed by atoms with van der Waals surface area (Å²) >= 11 is 0. The van der Waals surface area contributed by atoms with Crippen molar-refractivity contribution in [3.05, 3.63) is 29.6 Å². The highest BCUT2D eigenvalue weighted by molar-refractivity contribution is 5.92. The number of amides is 1. The maximum atomic E-state index is 11.9. The molecule has 1 aliphatic heterocycles. The third-order valence-corrected chi connectivity index (χ3v) is 2.75. The molecule has 0 aromatic carbocycles. The van der Waals surface area contributed by atoms with Gasteiger partial charge in [-0.05, 0) is 38.4 Å². The molecule has 1 amide bonds. The second kappa shape index (κ2) is 8.29. The molecule has 2 rings (SSSR count). The molecule has 2 N–H and O–H groups in total. The molecule has 1 fully saturated rings. The van der Waals surface area contributed by atoms with Crippen molar-refractivity contribution in [2.24, 2.45) is 0 Å². The first-order valence-electron chi connectivity index (χ1n) is 5.71. The molecule has 1 atom stereocenters. The maximum absolute atomic E-state index is 11.9. The van der Waals surface area contributed by atoms with Crippen LogP contribution in [0.25, 0.3) is 0 Å². The lowest BCUT2D eigenvalue weighted by Crippen LogP contribution is -2.45. The Bertz CT molecular complexity index is 381. The van der Waals surface area contributed by atoms with Crippen LogP contribution >= 0.6 is 24.8 Å². The number of nitrogens with one attached hydrogen (secondary N) is 2. The topological polar surface area (TPSA) is 54.0 Å². The van der Waals surface area contributed by atoms with Crippen molar-refractivity contribution >= 4 is 30.7 Å². The minimum Gasteiger partial charge on any atom is -0.347 e. The number of halogens is 2. The van der Waals surface area contributed by atoms with E-state index in [-0.39, 0.29) is 36.8 Å². The van der Waals surface area contributed by atoms with Crippen molar-refractivity contribution < 1.29 is 4.79 Å². The molecule has 0 saturated carbocycles. The smallest absolute Gasteiger partial charge is 0.270 e. The zero-order valence-electron chi connectivity index (χ0n) is 10.3. The Morgan fingerprint density at radius 2 is 2.22 bits per heavy atom. The van der Waals surface area contributed by atoms with Gasteiger partial charge in [0, 0.05) is 18.3 Å². The molecular formula is C12H19Cl2N3O. The molecule has 2 heterocycles. The van der Waals surface area contributed by atoms with Crippen LogP contribution in [0, 0.1) is 6.92 Å². The second-order valence-corrected chi connectivity index (χ2v) is 4.18. The highest BCUT2D eigenvalue weighted by Crippen LogP contribution is 2.03. The van der Waals surface area contributed by atoms with Crippen molar-refractivity contribution in [2.75, 3.05) is 13.1 Å². The number of piperidine rings is 1. The minimum atomic E-state index is -0.0719. The standard InChI is InChI=1S/C12H17N3O.2ClH/c1-9-4-2-6-11(14-9)12(16)15-10-5-3-7-13-8-10;;/h2,4,6,10,13H,3,5,7-8H2,1H3,(H,15,16);2*1H/t10-;;/m1../s1. The van der Waals surface area contributed by atoms with E-state index in [2.05, 4.69) is 15.6 Å². The molecule has 0 bridgehead atoms. The molecule has 18 heavy (non-hydrogen) atoms. The second-order valence-electron chi connectivity index (χ2n) is 4.18. The number of carbonyl (C=O) groups is 1. The molecule has 0 spiro atoms. The maximum Gasteiger partial charge on any atom is 0.270 e. The third-order valence-electron chi connectivity index (χ3n) is 2.75. The lowest BCUT2D eigenvalue weighted by molar-refractivity contribution is 0.0925. The summed E-state index contributed by atoms with van der Waals surface area (Å²) < 4.78 is 0. The van der Waals surface area contributed by atoms with E-state index in [1.54, 1.807) is 6.07 Å². The Balaban J connectivity index is 0.00000144. The van der Waals surface area contributed by atoms with Crippen LogP contribution < -0.4 is 10.6 Å². The third kappa shape index (κ3) is 4.80. The van der Waals surface area contributed by atoms with Crippen LogP contribution in [-0.4, -0.2) is 30.0 Å². The van der Waals surface area contributed by atoms with E-state index in [9.17, 15) is 4.79 Å². The number of carbonyl (C=O) groups excluding carboxylic acids is 1. The summed E-state index contributed by atoms with van der Waals surface area (Å²) in [5, 5.41) is 6.27. The fourth-order valence-corrected chi connectivity index (χ4v) is 1.90. The normalized spacial score (nSPS) is 18.2. The van der Waals surface area contributed by atoms with E-state index in [1.807, 2.05) is 19.1 Å². The van der Waals surface area contributed by atoms with Crippen LogP contribution in [0.1, 0.15) is 29.0 Å². The molecule has 0 unspecified atom stereocenters.